The first-order chi connectivity index (χ1) is 31.3. The van der Waals surface area contributed by atoms with Crippen LogP contribution in [0.25, 0.3) is 33.4 Å². The summed E-state index contributed by atoms with van der Waals surface area (Å²) in [7, 11) is -2.78. The van der Waals surface area contributed by atoms with Crippen molar-refractivity contribution in [3.63, 3.8) is 0 Å². The van der Waals surface area contributed by atoms with Crippen LogP contribution in [-0.4, -0.2) is 8.07 Å². The van der Waals surface area contributed by atoms with Gasteiger partial charge < -0.3 is 9.80 Å². The maximum absolute atomic E-state index is 2.78. The van der Waals surface area contributed by atoms with Crippen LogP contribution in [0.3, 0.4) is 0 Å². The standard InChI is InChI=1S/C60H44N2Si/c1-6-20-45(21-7-1)46-34-39-51(40-35-46)61(56-31-17-16-30-55(56)48-22-8-2-9-23-48)52-41-36-47(37-42-52)49-38-43-60-58(44-49)62(50-24-10-3-11-25-50)57-32-18-19-33-59(57)63(60,53-26-12-4-13-27-53)54-28-14-5-15-29-54/h1-44H. The lowest BCUT2D eigenvalue weighted by Crippen LogP contribution is -2.77. The van der Waals surface area contributed by atoms with Crippen LogP contribution in [-0.2, 0) is 0 Å². The molecule has 0 aliphatic carbocycles. The minimum Gasteiger partial charge on any atom is -0.311 e. The zero-order valence-electron chi connectivity index (χ0n) is 34.8. The minimum atomic E-state index is -2.78. The number of nitrogens with zero attached hydrogens (tertiary/aromatic N) is 2. The van der Waals surface area contributed by atoms with Gasteiger partial charge >= 0.3 is 0 Å². The van der Waals surface area contributed by atoms with Gasteiger partial charge in [0.15, 0.2) is 8.07 Å². The molecule has 0 bridgehead atoms. The van der Waals surface area contributed by atoms with E-state index in [0.29, 0.717) is 0 Å². The van der Waals surface area contributed by atoms with Crippen LogP contribution >= 0.6 is 0 Å². The summed E-state index contributed by atoms with van der Waals surface area (Å²) < 4.78 is 0. The van der Waals surface area contributed by atoms with Crippen LogP contribution in [0, 0.1) is 0 Å². The molecule has 2 nitrogen and oxygen atoms in total. The van der Waals surface area contributed by atoms with Crippen molar-refractivity contribution in [2.24, 2.45) is 0 Å². The van der Waals surface area contributed by atoms with E-state index < -0.39 is 8.07 Å². The third-order valence-corrected chi connectivity index (χ3v) is 17.4. The minimum absolute atomic E-state index is 1.09. The quantitative estimate of drug-likeness (QED) is 0.134. The number of rotatable bonds is 9. The highest BCUT2D eigenvalue weighted by Gasteiger charge is 2.48. The monoisotopic (exact) mass is 820 g/mol. The molecule has 0 fully saturated rings. The number of benzene rings is 10. The van der Waals surface area contributed by atoms with Crippen molar-refractivity contribution in [2.75, 3.05) is 9.80 Å². The predicted molar refractivity (Wildman–Crippen MR) is 269 cm³/mol. The van der Waals surface area contributed by atoms with Gasteiger partial charge in [-0.1, -0.05) is 212 Å². The second-order valence-electron chi connectivity index (χ2n) is 16.1. The lowest BCUT2D eigenvalue weighted by molar-refractivity contribution is 1.28. The van der Waals surface area contributed by atoms with E-state index in [2.05, 4.69) is 277 Å². The molecule has 0 aromatic heterocycles. The summed E-state index contributed by atoms with van der Waals surface area (Å²) in [6, 6.07) is 97.7. The lowest BCUT2D eigenvalue weighted by atomic mass is 10.00. The van der Waals surface area contributed by atoms with Crippen LogP contribution in [0.1, 0.15) is 0 Å². The van der Waals surface area contributed by atoms with Gasteiger partial charge in [-0.2, -0.15) is 0 Å². The van der Waals surface area contributed by atoms with Crippen molar-refractivity contribution < 1.29 is 0 Å². The van der Waals surface area contributed by atoms with E-state index in [1.165, 1.54) is 59.9 Å². The van der Waals surface area contributed by atoms with Gasteiger partial charge in [0.2, 0.25) is 0 Å². The molecule has 0 N–H and O–H groups in total. The fraction of sp³-hybridized carbons (Fsp3) is 0. The third kappa shape index (κ3) is 6.76. The van der Waals surface area contributed by atoms with Crippen LogP contribution in [0.5, 0.6) is 0 Å². The largest absolute Gasteiger partial charge is 0.311 e. The average molecular weight is 821 g/mol. The molecule has 0 atom stereocenters. The Labute approximate surface area is 371 Å². The normalized spacial score (nSPS) is 12.5. The molecule has 10 aromatic carbocycles. The Morgan fingerprint density at radius 2 is 0.730 bits per heavy atom. The highest BCUT2D eigenvalue weighted by Crippen LogP contribution is 2.43. The van der Waals surface area contributed by atoms with Gasteiger partial charge in [-0.25, -0.2) is 0 Å². The molecule has 1 aliphatic heterocycles. The van der Waals surface area contributed by atoms with Gasteiger partial charge in [0.05, 0.1) is 5.69 Å². The summed E-state index contributed by atoms with van der Waals surface area (Å²) in [4.78, 5) is 4.88. The Bertz CT molecular complexity index is 3100. The zero-order chi connectivity index (χ0) is 42.0. The van der Waals surface area contributed by atoms with Crippen LogP contribution in [0.4, 0.5) is 34.1 Å². The highest BCUT2D eigenvalue weighted by molar-refractivity contribution is 7.21. The van der Waals surface area contributed by atoms with Crippen molar-refractivity contribution in [3.8, 4) is 33.4 Å². The van der Waals surface area contributed by atoms with Crippen molar-refractivity contribution >= 4 is 62.9 Å². The molecule has 298 valence electrons. The Morgan fingerprint density at radius 3 is 1.33 bits per heavy atom. The highest BCUT2D eigenvalue weighted by atomic mass is 28.3. The molecule has 11 rings (SSSR count). The number of hydrogen-bond donors (Lipinski definition) is 0. The molecule has 1 heterocycles. The number of para-hydroxylation sites is 3. The molecule has 0 unspecified atom stereocenters. The number of fused-ring (bicyclic) bond motifs is 2. The Hall–Kier alpha value is -7.98. The van der Waals surface area contributed by atoms with E-state index >= 15 is 0 Å². The molecule has 1 aliphatic rings. The van der Waals surface area contributed by atoms with Gasteiger partial charge in [0.1, 0.15) is 0 Å². The molecule has 0 radical (unpaired) electrons. The third-order valence-electron chi connectivity index (χ3n) is 12.5. The summed E-state index contributed by atoms with van der Waals surface area (Å²) in [5.74, 6) is 0. The molecule has 0 saturated carbocycles. The van der Waals surface area contributed by atoms with Crippen molar-refractivity contribution in [3.05, 3.63) is 267 Å². The second kappa shape index (κ2) is 16.5. The van der Waals surface area contributed by atoms with Crippen molar-refractivity contribution in [1.29, 1.82) is 0 Å². The fourth-order valence-electron chi connectivity index (χ4n) is 9.69. The molecule has 63 heavy (non-hydrogen) atoms. The first-order valence-corrected chi connectivity index (χ1v) is 23.7. The number of hydrogen-bond acceptors (Lipinski definition) is 2. The molecule has 0 amide bonds. The van der Waals surface area contributed by atoms with Gasteiger partial charge in [0.25, 0.3) is 0 Å². The summed E-state index contributed by atoms with van der Waals surface area (Å²) in [5.41, 5.74) is 14.0. The fourth-order valence-corrected chi connectivity index (χ4v) is 14.8. The van der Waals surface area contributed by atoms with Crippen LogP contribution in [0.15, 0.2) is 267 Å². The van der Waals surface area contributed by atoms with E-state index in [1.54, 1.807) is 0 Å². The van der Waals surface area contributed by atoms with E-state index in [4.69, 9.17) is 0 Å². The summed E-state index contributed by atoms with van der Waals surface area (Å²) >= 11 is 0. The smallest absolute Gasteiger partial charge is 0.184 e. The van der Waals surface area contributed by atoms with Crippen LogP contribution in [0.2, 0.25) is 0 Å². The van der Waals surface area contributed by atoms with Crippen molar-refractivity contribution in [2.45, 2.75) is 0 Å². The predicted octanol–water partition coefficient (Wildman–Crippen LogP) is 13.3. The SMILES string of the molecule is c1ccc(-c2ccc(N(c3ccc(-c4ccc5c(c4)N(c4ccccc4)c4ccccc4[Si]5(c4ccccc4)c4ccccc4)cc3)c3ccccc3-c3ccccc3)cc2)cc1. The molecule has 10 aromatic rings. The first kappa shape index (κ1) is 38.0. The maximum Gasteiger partial charge on any atom is 0.184 e. The maximum atomic E-state index is 2.49. The topological polar surface area (TPSA) is 6.48 Å². The van der Waals surface area contributed by atoms with Gasteiger partial charge in [-0.15, -0.1) is 0 Å². The number of anilines is 6. The van der Waals surface area contributed by atoms with Gasteiger partial charge in [0, 0.05) is 34.0 Å². The molecular weight excluding hydrogens is 777 g/mol. The molecule has 0 spiro atoms. The van der Waals surface area contributed by atoms with E-state index in [-0.39, 0.29) is 0 Å². The van der Waals surface area contributed by atoms with E-state index in [9.17, 15) is 0 Å². The molecule has 3 heteroatoms. The van der Waals surface area contributed by atoms with Gasteiger partial charge in [-0.05, 0) is 103 Å². The summed E-state index contributed by atoms with van der Waals surface area (Å²) in [5, 5.41) is 5.53. The zero-order valence-corrected chi connectivity index (χ0v) is 35.8. The first-order valence-electron chi connectivity index (χ1n) is 21.7. The van der Waals surface area contributed by atoms with E-state index in [1.807, 2.05) is 0 Å². The van der Waals surface area contributed by atoms with E-state index in [0.717, 1.165) is 28.3 Å². The van der Waals surface area contributed by atoms with Gasteiger partial charge in [-0.3, -0.25) is 0 Å². The molecular formula is C60H44N2Si. The lowest BCUT2D eigenvalue weighted by Gasteiger charge is -2.45. The summed E-state index contributed by atoms with van der Waals surface area (Å²) in [6.07, 6.45) is 0. The second-order valence-corrected chi connectivity index (χ2v) is 19.8. The Balaban J connectivity index is 1.07. The van der Waals surface area contributed by atoms with Crippen LogP contribution < -0.4 is 30.5 Å². The Morgan fingerprint density at radius 1 is 0.302 bits per heavy atom. The van der Waals surface area contributed by atoms with Crippen molar-refractivity contribution in [1.82, 2.24) is 0 Å². The Kier molecular flexibility index (Phi) is 9.93. The molecule has 0 saturated heterocycles. The summed E-state index contributed by atoms with van der Waals surface area (Å²) in [6.45, 7) is 0. The average Bonchev–Trinajstić information content (AvgIpc) is 3.37.